The Labute approximate surface area is 94.0 Å². The van der Waals surface area contributed by atoms with Gasteiger partial charge in [-0.05, 0) is 39.2 Å². The van der Waals surface area contributed by atoms with Crippen LogP contribution in [0.3, 0.4) is 0 Å². The standard InChI is InChI=1S/C13H25NO/c1-10(2)8-11(3)14(4)9-12-6-5-7-13(12)15/h10-12H,5-9H2,1-4H3. The lowest BCUT2D eigenvalue weighted by molar-refractivity contribution is -0.121. The molecule has 0 bridgehead atoms. The molecule has 0 amide bonds. The molecule has 2 heteroatoms. The van der Waals surface area contributed by atoms with Gasteiger partial charge in [-0.15, -0.1) is 0 Å². The van der Waals surface area contributed by atoms with Crippen molar-refractivity contribution in [2.24, 2.45) is 11.8 Å². The zero-order chi connectivity index (χ0) is 11.4. The molecule has 2 unspecified atom stereocenters. The summed E-state index contributed by atoms with van der Waals surface area (Å²) in [5.41, 5.74) is 0. The van der Waals surface area contributed by atoms with E-state index in [2.05, 4.69) is 32.7 Å². The molecule has 0 aromatic carbocycles. The van der Waals surface area contributed by atoms with Crippen LogP contribution in [0.2, 0.25) is 0 Å². The van der Waals surface area contributed by atoms with Gasteiger partial charge >= 0.3 is 0 Å². The summed E-state index contributed by atoms with van der Waals surface area (Å²) >= 11 is 0. The molecular formula is C13H25NO. The van der Waals surface area contributed by atoms with Crippen molar-refractivity contribution in [2.75, 3.05) is 13.6 Å². The molecule has 0 radical (unpaired) electrons. The van der Waals surface area contributed by atoms with E-state index in [4.69, 9.17) is 0 Å². The predicted molar refractivity (Wildman–Crippen MR) is 63.9 cm³/mol. The van der Waals surface area contributed by atoms with E-state index in [1.807, 2.05) is 0 Å². The van der Waals surface area contributed by atoms with Crippen LogP contribution >= 0.6 is 0 Å². The zero-order valence-electron chi connectivity index (χ0n) is 10.6. The summed E-state index contributed by atoms with van der Waals surface area (Å²) in [4.78, 5) is 13.9. The van der Waals surface area contributed by atoms with Gasteiger partial charge in [-0.2, -0.15) is 0 Å². The SMILES string of the molecule is CC(C)CC(C)N(C)CC1CCCC1=O. The fourth-order valence-electron chi connectivity index (χ4n) is 2.47. The van der Waals surface area contributed by atoms with Gasteiger partial charge in [-0.25, -0.2) is 0 Å². The van der Waals surface area contributed by atoms with Crippen LogP contribution in [0.15, 0.2) is 0 Å². The van der Waals surface area contributed by atoms with E-state index in [1.165, 1.54) is 6.42 Å². The van der Waals surface area contributed by atoms with E-state index in [0.29, 0.717) is 17.7 Å². The lowest BCUT2D eigenvalue weighted by Gasteiger charge is -2.28. The maximum Gasteiger partial charge on any atom is 0.137 e. The number of carbonyl (C=O) groups excluding carboxylic acids is 1. The summed E-state index contributed by atoms with van der Waals surface area (Å²) < 4.78 is 0. The first-order chi connectivity index (χ1) is 7.00. The van der Waals surface area contributed by atoms with Gasteiger partial charge in [-0.1, -0.05) is 13.8 Å². The Balaban J connectivity index is 2.33. The van der Waals surface area contributed by atoms with Gasteiger partial charge in [0.05, 0.1) is 0 Å². The molecule has 0 saturated heterocycles. The molecule has 1 saturated carbocycles. The zero-order valence-corrected chi connectivity index (χ0v) is 10.6. The number of nitrogens with zero attached hydrogens (tertiary/aromatic N) is 1. The van der Waals surface area contributed by atoms with E-state index < -0.39 is 0 Å². The first-order valence-electron chi connectivity index (χ1n) is 6.23. The first kappa shape index (κ1) is 12.7. The summed E-state index contributed by atoms with van der Waals surface area (Å²) in [5, 5.41) is 0. The molecule has 0 heterocycles. The van der Waals surface area contributed by atoms with Gasteiger partial charge in [0.15, 0.2) is 0 Å². The largest absolute Gasteiger partial charge is 0.303 e. The smallest absolute Gasteiger partial charge is 0.137 e. The molecule has 0 spiro atoms. The lowest BCUT2D eigenvalue weighted by atomic mass is 10.0. The van der Waals surface area contributed by atoms with E-state index in [0.717, 1.165) is 31.7 Å². The lowest BCUT2D eigenvalue weighted by Crippen LogP contribution is -2.35. The minimum atomic E-state index is 0.324. The number of ketones is 1. The molecule has 1 aliphatic carbocycles. The van der Waals surface area contributed by atoms with Crippen LogP contribution in [0.1, 0.15) is 46.5 Å². The second kappa shape index (κ2) is 5.64. The van der Waals surface area contributed by atoms with Crippen LogP contribution in [0.4, 0.5) is 0 Å². The van der Waals surface area contributed by atoms with Crippen molar-refractivity contribution in [1.29, 1.82) is 0 Å². The molecule has 0 N–H and O–H groups in total. The topological polar surface area (TPSA) is 20.3 Å². The Hall–Kier alpha value is -0.370. The molecule has 0 aromatic rings. The highest BCUT2D eigenvalue weighted by molar-refractivity contribution is 5.83. The van der Waals surface area contributed by atoms with E-state index in [-0.39, 0.29) is 0 Å². The molecule has 2 nitrogen and oxygen atoms in total. The van der Waals surface area contributed by atoms with Crippen LogP contribution in [-0.4, -0.2) is 30.3 Å². The fraction of sp³-hybridized carbons (Fsp3) is 0.923. The molecule has 1 aliphatic rings. The Bertz CT molecular complexity index is 213. The normalized spacial score (nSPS) is 24.1. The maximum atomic E-state index is 11.5. The maximum absolute atomic E-state index is 11.5. The van der Waals surface area contributed by atoms with Crippen LogP contribution in [0.25, 0.3) is 0 Å². The summed E-state index contributed by atoms with van der Waals surface area (Å²) in [7, 11) is 2.15. The molecule has 15 heavy (non-hydrogen) atoms. The summed E-state index contributed by atoms with van der Waals surface area (Å²) in [6.45, 7) is 7.74. The average Bonchev–Trinajstić information content (AvgIpc) is 2.50. The van der Waals surface area contributed by atoms with Crippen molar-refractivity contribution < 1.29 is 4.79 Å². The third-order valence-corrected chi connectivity index (χ3v) is 3.50. The quantitative estimate of drug-likeness (QED) is 0.697. The summed E-state index contributed by atoms with van der Waals surface area (Å²) in [6, 6.07) is 0.596. The third-order valence-electron chi connectivity index (χ3n) is 3.50. The Morgan fingerprint density at radius 1 is 1.40 bits per heavy atom. The van der Waals surface area contributed by atoms with Crippen molar-refractivity contribution in [3.8, 4) is 0 Å². The van der Waals surface area contributed by atoms with Gasteiger partial charge in [0.2, 0.25) is 0 Å². The van der Waals surface area contributed by atoms with Gasteiger partial charge in [0.25, 0.3) is 0 Å². The molecule has 1 rings (SSSR count). The van der Waals surface area contributed by atoms with Crippen molar-refractivity contribution in [3.63, 3.8) is 0 Å². The van der Waals surface area contributed by atoms with Crippen molar-refractivity contribution >= 4 is 5.78 Å². The monoisotopic (exact) mass is 211 g/mol. The van der Waals surface area contributed by atoms with Crippen LogP contribution in [-0.2, 0) is 4.79 Å². The van der Waals surface area contributed by atoms with Crippen LogP contribution < -0.4 is 0 Å². The average molecular weight is 211 g/mol. The minimum Gasteiger partial charge on any atom is -0.303 e. The van der Waals surface area contributed by atoms with Crippen molar-refractivity contribution in [3.05, 3.63) is 0 Å². The Kier molecular flexibility index (Phi) is 4.78. The summed E-state index contributed by atoms with van der Waals surface area (Å²) in [6.07, 6.45) is 4.25. The van der Waals surface area contributed by atoms with Gasteiger partial charge < -0.3 is 4.90 Å². The Morgan fingerprint density at radius 3 is 2.53 bits per heavy atom. The van der Waals surface area contributed by atoms with Gasteiger partial charge in [-0.3, -0.25) is 4.79 Å². The Morgan fingerprint density at radius 2 is 2.07 bits per heavy atom. The molecule has 1 fully saturated rings. The molecule has 2 atom stereocenters. The number of hydrogen-bond donors (Lipinski definition) is 0. The number of hydrogen-bond acceptors (Lipinski definition) is 2. The highest BCUT2D eigenvalue weighted by atomic mass is 16.1. The highest BCUT2D eigenvalue weighted by Gasteiger charge is 2.26. The second-order valence-electron chi connectivity index (χ2n) is 5.47. The second-order valence-corrected chi connectivity index (χ2v) is 5.47. The van der Waals surface area contributed by atoms with E-state index in [1.54, 1.807) is 0 Å². The minimum absolute atomic E-state index is 0.324. The highest BCUT2D eigenvalue weighted by Crippen LogP contribution is 2.23. The first-order valence-corrected chi connectivity index (χ1v) is 6.23. The predicted octanol–water partition coefficient (Wildman–Crippen LogP) is 2.72. The molecular weight excluding hydrogens is 186 g/mol. The van der Waals surface area contributed by atoms with E-state index >= 15 is 0 Å². The molecule has 0 aliphatic heterocycles. The molecule has 88 valence electrons. The molecule has 0 aromatic heterocycles. The number of Topliss-reactive ketones (excluding diaryl/α,β-unsaturated/α-hetero) is 1. The van der Waals surface area contributed by atoms with Crippen molar-refractivity contribution in [1.82, 2.24) is 4.90 Å². The van der Waals surface area contributed by atoms with Gasteiger partial charge in [0.1, 0.15) is 5.78 Å². The van der Waals surface area contributed by atoms with Crippen molar-refractivity contribution in [2.45, 2.75) is 52.5 Å². The van der Waals surface area contributed by atoms with Crippen LogP contribution in [0.5, 0.6) is 0 Å². The fourth-order valence-corrected chi connectivity index (χ4v) is 2.47. The van der Waals surface area contributed by atoms with E-state index in [9.17, 15) is 4.79 Å². The van der Waals surface area contributed by atoms with Crippen LogP contribution in [0, 0.1) is 11.8 Å². The number of rotatable bonds is 5. The number of carbonyl (C=O) groups is 1. The summed E-state index contributed by atoms with van der Waals surface area (Å²) in [5.74, 6) is 1.55. The van der Waals surface area contributed by atoms with Gasteiger partial charge in [0, 0.05) is 24.9 Å². The third kappa shape index (κ3) is 3.94.